The first-order valence-corrected chi connectivity index (χ1v) is 8.11. The normalized spacial score (nSPS) is 27.8. The van der Waals surface area contributed by atoms with Crippen LogP contribution in [0.3, 0.4) is 0 Å². The molecule has 5 nitrogen and oxygen atoms in total. The van der Waals surface area contributed by atoms with Crippen LogP contribution in [0.2, 0.25) is 0 Å². The van der Waals surface area contributed by atoms with Crippen LogP contribution >= 0.6 is 0 Å². The summed E-state index contributed by atoms with van der Waals surface area (Å²) in [4.78, 5) is 6.87. The smallest absolute Gasteiger partial charge is 0.266 e. The Morgan fingerprint density at radius 1 is 1.15 bits per heavy atom. The zero-order valence-electron chi connectivity index (χ0n) is 12.5. The van der Waals surface area contributed by atoms with Crippen LogP contribution in [0, 0.1) is 5.92 Å². The van der Waals surface area contributed by atoms with Crippen molar-refractivity contribution in [3.63, 3.8) is 0 Å². The molecule has 1 aromatic heterocycles. The second-order valence-electron chi connectivity index (χ2n) is 6.18. The largest absolute Gasteiger partial charge is 0.338 e. The second-order valence-corrected chi connectivity index (χ2v) is 6.18. The van der Waals surface area contributed by atoms with E-state index in [1.54, 1.807) is 0 Å². The van der Waals surface area contributed by atoms with E-state index < -0.39 is 0 Å². The van der Waals surface area contributed by atoms with Crippen LogP contribution in [0.25, 0.3) is 0 Å². The van der Waals surface area contributed by atoms with Crippen molar-refractivity contribution in [1.82, 2.24) is 15.5 Å². The molecule has 1 aliphatic carbocycles. The maximum atomic E-state index is 5.48. The van der Waals surface area contributed by atoms with Gasteiger partial charge in [0.05, 0.1) is 0 Å². The molecule has 112 valence electrons. The highest BCUT2D eigenvalue weighted by Gasteiger charge is 2.26. The molecule has 1 saturated heterocycles. The lowest BCUT2D eigenvalue weighted by Gasteiger charge is -2.30. The van der Waals surface area contributed by atoms with Gasteiger partial charge >= 0.3 is 0 Å². The van der Waals surface area contributed by atoms with Crippen LogP contribution < -0.4 is 10.2 Å². The standard InChI is InChI=1S/C15H26N4O/c1-16-13-8-4-3-7-12(13)11-14-17-15(18-20-14)19-9-5-2-6-10-19/h12-13,16H,2-11H2,1H3. The molecule has 1 aliphatic heterocycles. The van der Waals surface area contributed by atoms with Crippen molar-refractivity contribution in [2.75, 3.05) is 25.0 Å². The average Bonchev–Trinajstić information content (AvgIpc) is 2.97. The number of aromatic nitrogens is 2. The Balaban J connectivity index is 1.61. The maximum absolute atomic E-state index is 5.48. The molecule has 2 aliphatic rings. The maximum Gasteiger partial charge on any atom is 0.266 e. The highest BCUT2D eigenvalue weighted by atomic mass is 16.5. The van der Waals surface area contributed by atoms with E-state index in [2.05, 4.69) is 27.4 Å². The van der Waals surface area contributed by atoms with Crippen LogP contribution in [0.1, 0.15) is 50.8 Å². The molecule has 2 fully saturated rings. The summed E-state index contributed by atoms with van der Waals surface area (Å²) in [7, 11) is 2.07. The predicted octanol–water partition coefficient (Wildman–Crippen LogP) is 2.38. The Kier molecular flexibility index (Phi) is 4.55. The molecule has 1 aromatic rings. The predicted molar refractivity (Wildman–Crippen MR) is 78.9 cm³/mol. The SMILES string of the molecule is CNC1CCCCC1Cc1nc(N2CCCCC2)no1. The molecular weight excluding hydrogens is 252 g/mol. The van der Waals surface area contributed by atoms with Crippen molar-refractivity contribution < 1.29 is 4.52 Å². The van der Waals surface area contributed by atoms with Crippen LogP contribution in [0.5, 0.6) is 0 Å². The van der Waals surface area contributed by atoms with Crippen molar-refractivity contribution in [2.24, 2.45) is 5.92 Å². The van der Waals surface area contributed by atoms with Gasteiger partial charge in [0, 0.05) is 25.6 Å². The fourth-order valence-electron chi connectivity index (χ4n) is 3.61. The minimum Gasteiger partial charge on any atom is -0.338 e. The van der Waals surface area contributed by atoms with E-state index in [1.807, 2.05) is 0 Å². The average molecular weight is 278 g/mol. The Morgan fingerprint density at radius 3 is 2.75 bits per heavy atom. The summed E-state index contributed by atoms with van der Waals surface area (Å²) in [5.74, 6) is 2.26. The summed E-state index contributed by atoms with van der Waals surface area (Å²) in [6, 6.07) is 0.606. The summed E-state index contributed by atoms with van der Waals surface area (Å²) in [5.41, 5.74) is 0. The fraction of sp³-hybridized carbons (Fsp3) is 0.867. The van der Waals surface area contributed by atoms with Gasteiger partial charge in [0.15, 0.2) is 0 Å². The minimum atomic E-state index is 0.606. The van der Waals surface area contributed by atoms with E-state index in [9.17, 15) is 0 Å². The lowest BCUT2D eigenvalue weighted by molar-refractivity contribution is 0.248. The van der Waals surface area contributed by atoms with Gasteiger partial charge in [-0.15, -0.1) is 0 Å². The van der Waals surface area contributed by atoms with E-state index in [0.29, 0.717) is 12.0 Å². The molecular formula is C15H26N4O. The molecule has 2 unspecified atom stereocenters. The van der Waals surface area contributed by atoms with Crippen LogP contribution in [0.15, 0.2) is 4.52 Å². The van der Waals surface area contributed by atoms with Crippen LogP contribution in [-0.2, 0) is 6.42 Å². The lowest BCUT2D eigenvalue weighted by Crippen LogP contribution is -2.37. The number of hydrogen-bond donors (Lipinski definition) is 1. The van der Waals surface area contributed by atoms with E-state index in [4.69, 9.17) is 4.52 Å². The van der Waals surface area contributed by atoms with E-state index in [0.717, 1.165) is 31.3 Å². The number of nitrogens with one attached hydrogen (secondary N) is 1. The Hall–Kier alpha value is -1.10. The summed E-state index contributed by atoms with van der Waals surface area (Å²) in [5, 5.41) is 7.62. The Bertz CT molecular complexity index is 414. The van der Waals surface area contributed by atoms with Gasteiger partial charge in [-0.05, 0) is 50.2 Å². The Labute approximate surface area is 121 Å². The zero-order valence-corrected chi connectivity index (χ0v) is 12.5. The van der Waals surface area contributed by atoms with Crippen LogP contribution in [-0.4, -0.2) is 36.3 Å². The number of piperidine rings is 1. The lowest BCUT2D eigenvalue weighted by atomic mass is 9.82. The highest BCUT2D eigenvalue weighted by Crippen LogP contribution is 2.27. The van der Waals surface area contributed by atoms with Gasteiger partial charge < -0.3 is 14.7 Å². The highest BCUT2D eigenvalue weighted by molar-refractivity contribution is 5.28. The third kappa shape index (κ3) is 3.14. The topological polar surface area (TPSA) is 54.2 Å². The molecule has 0 bridgehead atoms. The van der Waals surface area contributed by atoms with E-state index >= 15 is 0 Å². The van der Waals surface area contributed by atoms with E-state index in [-0.39, 0.29) is 0 Å². The van der Waals surface area contributed by atoms with Crippen molar-refractivity contribution in [2.45, 2.75) is 57.4 Å². The quantitative estimate of drug-likeness (QED) is 0.916. The molecule has 1 N–H and O–H groups in total. The molecule has 3 rings (SSSR count). The molecule has 2 heterocycles. The summed E-state index contributed by atoms with van der Waals surface area (Å²) in [6.07, 6.45) is 9.95. The second kappa shape index (κ2) is 6.57. The van der Waals surface area contributed by atoms with Gasteiger partial charge in [0.1, 0.15) is 0 Å². The molecule has 0 amide bonds. The third-order valence-corrected chi connectivity index (χ3v) is 4.81. The van der Waals surface area contributed by atoms with E-state index in [1.165, 1.54) is 44.9 Å². The first kappa shape index (κ1) is 13.9. The van der Waals surface area contributed by atoms with Gasteiger partial charge in [0.25, 0.3) is 5.95 Å². The summed E-state index contributed by atoms with van der Waals surface area (Å²) < 4.78 is 5.48. The fourth-order valence-corrected chi connectivity index (χ4v) is 3.61. The van der Waals surface area contributed by atoms with Crippen LogP contribution in [0.4, 0.5) is 5.95 Å². The first-order valence-electron chi connectivity index (χ1n) is 8.11. The molecule has 20 heavy (non-hydrogen) atoms. The molecule has 0 spiro atoms. The minimum absolute atomic E-state index is 0.606. The number of nitrogens with zero attached hydrogens (tertiary/aromatic N) is 3. The molecule has 5 heteroatoms. The molecule has 0 aromatic carbocycles. The number of rotatable bonds is 4. The van der Waals surface area contributed by atoms with Gasteiger partial charge in [0.2, 0.25) is 5.89 Å². The number of anilines is 1. The van der Waals surface area contributed by atoms with Crippen molar-refractivity contribution in [3.8, 4) is 0 Å². The molecule has 2 atom stereocenters. The summed E-state index contributed by atoms with van der Waals surface area (Å²) in [6.45, 7) is 2.14. The Morgan fingerprint density at radius 2 is 1.95 bits per heavy atom. The van der Waals surface area contributed by atoms with Crippen molar-refractivity contribution >= 4 is 5.95 Å². The van der Waals surface area contributed by atoms with Gasteiger partial charge in [-0.1, -0.05) is 12.8 Å². The molecule has 1 saturated carbocycles. The van der Waals surface area contributed by atoms with Crippen molar-refractivity contribution in [1.29, 1.82) is 0 Å². The van der Waals surface area contributed by atoms with Gasteiger partial charge in [-0.3, -0.25) is 0 Å². The number of hydrogen-bond acceptors (Lipinski definition) is 5. The zero-order chi connectivity index (χ0) is 13.8. The monoisotopic (exact) mass is 278 g/mol. The third-order valence-electron chi connectivity index (χ3n) is 4.81. The summed E-state index contributed by atoms with van der Waals surface area (Å²) >= 11 is 0. The first-order chi connectivity index (χ1) is 9.86. The van der Waals surface area contributed by atoms with Gasteiger partial charge in [-0.25, -0.2) is 0 Å². The van der Waals surface area contributed by atoms with Gasteiger partial charge in [-0.2, -0.15) is 4.98 Å². The molecule has 0 radical (unpaired) electrons. The van der Waals surface area contributed by atoms with Crippen molar-refractivity contribution in [3.05, 3.63) is 5.89 Å².